The second kappa shape index (κ2) is 8.53. The van der Waals surface area contributed by atoms with Crippen LogP contribution in [0.3, 0.4) is 0 Å². The summed E-state index contributed by atoms with van der Waals surface area (Å²) < 4.78 is 0. The standard InChI is InChI=1S/C14H18N4O3/c1-2-17(11-13(19)20)14(21)18(8-4-6-15)10-12-5-3-7-16-9-12/h3,5,7,9H,2,4,8,10-11H2,1H3,(H,19,20). The third kappa shape index (κ3) is 5.48. The number of nitrogens with zero attached hydrogens (tertiary/aromatic N) is 4. The van der Waals surface area contributed by atoms with Gasteiger partial charge >= 0.3 is 12.0 Å². The van der Waals surface area contributed by atoms with Crippen LogP contribution in [0.5, 0.6) is 0 Å². The van der Waals surface area contributed by atoms with Crippen LogP contribution in [0.25, 0.3) is 0 Å². The SMILES string of the molecule is CCN(CC(=O)O)C(=O)N(CCC#N)Cc1cccnc1. The maximum Gasteiger partial charge on any atom is 0.323 e. The Labute approximate surface area is 123 Å². The summed E-state index contributed by atoms with van der Waals surface area (Å²) in [5.74, 6) is -1.06. The number of amides is 2. The third-order valence-electron chi connectivity index (χ3n) is 2.84. The van der Waals surface area contributed by atoms with Crippen LogP contribution in [0.15, 0.2) is 24.5 Å². The Kier molecular flexibility index (Phi) is 6.68. The molecule has 0 saturated carbocycles. The van der Waals surface area contributed by atoms with Crippen LogP contribution < -0.4 is 0 Å². The minimum atomic E-state index is -1.06. The number of aliphatic carboxylic acids is 1. The maximum atomic E-state index is 12.4. The molecule has 1 N–H and O–H groups in total. The van der Waals surface area contributed by atoms with Crippen LogP contribution in [-0.2, 0) is 11.3 Å². The molecule has 0 saturated heterocycles. The molecule has 1 heterocycles. The van der Waals surface area contributed by atoms with E-state index in [1.807, 2.05) is 12.1 Å². The summed E-state index contributed by atoms with van der Waals surface area (Å²) in [7, 11) is 0. The van der Waals surface area contributed by atoms with Crippen molar-refractivity contribution in [3.05, 3.63) is 30.1 Å². The molecule has 0 aliphatic heterocycles. The first-order chi connectivity index (χ1) is 10.1. The van der Waals surface area contributed by atoms with Gasteiger partial charge in [-0.1, -0.05) is 6.07 Å². The Morgan fingerprint density at radius 2 is 2.19 bits per heavy atom. The number of carbonyl (C=O) groups is 2. The van der Waals surface area contributed by atoms with Crippen LogP contribution in [0, 0.1) is 11.3 Å². The normalized spacial score (nSPS) is 9.71. The number of urea groups is 1. The fourth-order valence-corrected chi connectivity index (χ4v) is 1.82. The number of carboxylic acid groups (broad SMARTS) is 1. The van der Waals surface area contributed by atoms with Gasteiger partial charge in [0, 0.05) is 32.0 Å². The summed E-state index contributed by atoms with van der Waals surface area (Å²) >= 11 is 0. The first-order valence-corrected chi connectivity index (χ1v) is 6.60. The molecule has 7 heteroatoms. The molecule has 2 amide bonds. The first-order valence-electron chi connectivity index (χ1n) is 6.60. The number of carboxylic acids is 1. The molecule has 0 atom stereocenters. The number of pyridine rings is 1. The van der Waals surface area contributed by atoms with E-state index in [-0.39, 0.29) is 25.5 Å². The lowest BCUT2D eigenvalue weighted by molar-refractivity contribution is -0.137. The first kappa shape index (κ1) is 16.4. The summed E-state index contributed by atoms with van der Waals surface area (Å²) in [6.45, 7) is 2.20. The number of carbonyl (C=O) groups excluding carboxylic acids is 1. The summed E-state index contributed by atoms with van der Waals surface area (Å²) in [5.41, 5.74) is 0.829. The summed E-state index contributed by atoms with van der Waals surface area (Å²) in [4.78, 5) is 29.8. The lowest BCUT2D eigenvalue weighted by atomic mass is 10.2. The topological polar surface area (TPSA) is 97.5 Å². The van der Waals surface area contributed by atoms with Crippen LogP contribution >= 0.6 is 0 Å². The number of rotatable bonds is 7. The van der Waals surface area contributed by atoms with Gasteiger partial charge in [0.2, 0.25) is 0 Å². The van der Waals surface area contributed by atoms with E-state index in [1.165, 1.54) is 9.80 Å². The predicted molar refractivity (Wildman–Crippen MR) is 75.2 cm³/mol. The highest BCUT2D eigenvalue weighted by atomic mass is 16.4. The van der Waals surface area contributed by atoms with Crippen LogP contribution in [0.4, 0.5) is 4.79 Å². The van der Waals surface area contributed by atoms with Crippen molar-refractivity contribution in [1.82, 2.24) is 14.8 Å². The van der Waals surface area contributed by atoms with Gasteiger partial charge in [0.25, 0.3) is 0 Å². The minimum Gasteiger partial charge on any atom is -0.480 e. The molecule has 112 valence electrons. The van der Waals surface area contributed by atoms with E-state index in [0.29, 0.717) is 13.1 Å². The number of hydrogen-bond donors (Lipinski definition) is 1. The molecule has 0 aliphatic carbocycles. The zero-order valence-electron chi connectivity index (χ0n) is 11.9. The van der Waals surface area contributed by atoms with Crippen molar-refractivity contribution >= 4 is 12.0 Å². The van der Waals surface area contributed by atoms with E-state index >= 15 is 0 Å². The maximum absolute atomic E-state index is 12.4. The number of aromatic nitrogens is 1. The van der Waals surface area contributed by atoms with Crippen molar-refractivity contribution in [3.8, 4) is 6.07 Å². The quantitative estimate of drug-likeness (QED) is 0.816. The van der Waals surface area contributed by atoms with E-state index in [0.717, 1.165) is 5.56 Å². The van der Waals surface area contributed by atoms with E-state index < -0.39 is 5.97 Å². The molecule has 0 unspecified atom stereocenters. The Morgan fingerprint density at radius 1 is 1.43 bits per heavy atom. The molecule has 0 bridgehead atoms. The van der Waals surface area contributed by atoms with Crippen molar-refractivity contribution in [2.45, 2.75) is 19.9 Å². The van der Waals surface area contributed by atoms with Gasteiger partial charge in [-0.2, -0.15) is 5.26 Å². The highest BCUT2D eigenvalue weighted by Crippen LogP contribution is 2.07. The second-order valence-electron chi connectivity index (χ2n) is 4.38. The molecule has 7 nitrogen and oxygen atoms in total. The predicted octanol–water partition coefficient (Wildman–Crippen LogP) is 1.32. The zero-order chi connectivity index (χ0) is 15.7. The van der Waals surface area contributed by atoms with E-state index in [4.69, 9.17) is 10.4 Å². The van der Waals surface area contributed by atoms with Gasteiger partial charge in [-0.05, 0) is 18.6 Å². The van der Waals surface area contributed by atoms with E-state index in [1.54, 1.807) is 25.4 Å². The Morgan fingerprint density at radius 3 is 2.71 bits per heavy atom. The average molecular weight is 290 g/mol. The fraction of sp³-hybridized carbons (Fsp3) is 0.429. The van der Waals surface area contributed by atoms with E-state index in [2.05, 4.69) is 4.98 Å². The largest absolute Gasteiger partial charge is 0.480 e. The van der Waals surface area contributed by atoms with Gasteiger partial charge in [-0.15, -0.1) is 0 Å². The van der Waals surface area contributed by atoms with Crippen LogP contribution in [0.1, 0.15) is 18.9 Å². The van der Waals surface area contributed by atoms with Gasteiger partial charge in [-0.3, -0.25) is 9.78 Å². The average Bonchev–Trinajstić information content (AvgIpc) is 2.49. The van der Waals surface area contributed by atoms with Crippen molar-refractivity contribution in [1.29, 1.82) is 5.26 Å². The van der Waals surface area contributed by atoms with Crippen molar-refractivity contribution in [3.63, 3.8) is 0 Å². The summed E-state index contributed by atoms with van der Waals surface area (Å²) in [6.07, 6.45) is 3.46. The lowest BCUT2D eigenvalue weighted by Gasteiger charge is -2.28. The van der Waals surface area contributed by atoms with Gasteiger partial charge in [0.15, 0.2) is 0 Å². The van der Waals surface area contributed by atoms with Gasteiger partial charge < -0.3 is 14.9 Å². The highest BCUT2D eigenvalue weighted by Gasteiger charge is 2.21. The minimum absolute atomic E-state index is 0.191. The van der Waals surface area contributed by atoms with Gasteiger partial charge in [0.1, 0.15) is 6.54 Å². The highest BCUT2D eigenvalue weighted by molar-refractivity contribution is 5.80. The fourth-order valence-electron chi connectivity index (χ4n) is 1.82. The second-order valence-corrected chi connectivity index (χ2v) is 4.38. The molecule has 0 spiro atoms. The van der Waals surface area contributed by atoms with E-state index in [9.17, 15) is 9.59 Å². The Bertz CT molecular complexity index is 513. The molecular formula is C14H18N4O3. The zero-order valence-corrected chi connectivity index (χ0v) is 11.9. The van der Waals surface area contributed by atoms with Crippen molar-refractivity contribution in [2.75, 3.05) is 19.6 Å². The molecule has 0 radical (unpaired) electrons. The molecule has 1 aromatic heterocycles. The van der Waals surface area contributed by atoms with Gasteiger partial charge in [0.05, 0.1) is 12.5 Å². The molecule has 1 rings (SSSR count). The Balaban J connectivity index is 2.82. The van der Waals surface area contributed by atoms with Crippen molar-refractivity contribution < 1.29 is 14.7 Å². The third-order valence-corrected chi connectivity index (χ3v) is 2.84. The molecule has 0 fully saturated rings. The molecule has 1 aromatic rings. The van der Waals surface area contributed by atoms with Crippen LogP contribution in [-0.4, -0.2) is 51.5 Å². The molecule has 0 aliphatic rings. The molecule has 0 aromatic carbocycles. The number of hydrogen-bond acceptors (Lipinski definition) is 4. The Hall–Kier alpha value is -2.62. The summed E-state index contributed by atoms with van der Waals surface area (Å²) in [5, 5.41) is 17.5. The van der Waals surface area contributed by atoms with Gasteiger partial charge in [-0.25, -0.2) is 4.79 Å². The molecule has 21 heavy (non-hydrogen) atoms. The lowest BCUT2D eigenvalue weighted by Crippen LogP contribution is -2.45. The monoisotopic (exact) mass is 290 g/mol. The molecular weight excluding hydrogens is 272 g/mol. The number of nitriles is 1. The summed E-state index contributed by atoms with van der Waals surface area (Å²) in [6, 6.07) is 5.19. The smallest absolute Gasteiger partial charge is 0.323 e. The van der Waals surface area contributed by atoms with Crippen molar-refractivity contribution in [2.24, 2.45) is 0 Å². The van der Waals surface area contributed by atoms with Crippen LogP contribution in [0.2, 0.25) is 0 Å². The number of likely N-dealkylation sites (N-methyl/N-ethyl adjacent to an activating group) is 1.